The average Bonchev–Trinajstić information content (AvgIpc) is 3.22. The summed E-state index contributed by atoms with van der Waals surface area (Å²) in [5.41, 5.74) is -2.00. The molecule has 0 radical (unpaired) electrons. The first-order valence-corrected chi connectivity index (χ1v) is 10.1. The molecule has 160 valence electrons. The number of hydrogen-bond acceptors (Lipinski definition) is 8. The Balaban J connectivity index is 1.76. The van der Waals surface area contributed by atoms with Gasteiger partial charge in [0, 0.05) is 29.4 Å². The summed E-state index contributed by atoms with van der Waals surface area (Å²) < 4.78 is 17.0. The molecule has 2 aliphatic carbocycles. The summed E-state index contributed by atoms with van der Waals surface area (Å²) in [5.74, 6) is -3.44. The van der Waals surface area contributed by atoms with E-state index in [0.717, 1.165) is 0 Å². The van der Waals surface area contributed by atoms with Gasteiger partial charge in [-0.25, -0.2) is 9.59 Å². The zero-order valence-electron chi connectivity index (χ0n) is 16.2. The highest BCUT2D eigenvalue weighted by Crippen LogP contribution is 2.64. The number of carbonyl (C=O) groups excluding carboxylic acids is 2. The molecule has 0 aromatic rings. The van der Waals surface area contributed by atoms with Gasteiger partial charge in [0.05, 0.1) is 30.1 Å². The van der Waals surface area contributed by atoms with E-state index in [4.69, 9.17) is 30.9 Å². The van der Waals surface area contributed by atoms with E-state index >= 15 is 0 Å². The zero-order valence-corrected chi connectivity index (χ0v) is 17.0. The third-order valence-corrected chi connectivity index (χ3v) is 7.48. The van der Waals surface area contributed by atoms with Gasteiger partial charge in [-0.05, 0) is 19.9 Å². The fourth-order valence-electron chi connectivity index (χ4n) is 5.52. The van der Waals surface area contributed by atoms with E-state index in [1.165, 1.54) is 13.0 Å². The monoisotopic (exact) mass is 428 g/mol. The number of epoxide rings is 1. The predicted octanol–water partition coefficient (Wildman–Crippen LogP) is 0.0726. The van der Waals surface area contributed by atoms with Gasteiger partial charge >= 0.3 is 11.9 Å². The van der Waals surface area contributed by atoms with E-state index < -0.39 is 65.3 Å². The number of esters is 2. The molecule has 2 aliphatic heterocycles. The summed E-state index contributed by atoms with van der Waals surface area (Å²) in [7, 11) is 0. The molecule has 4 fully saturated rings. The number of ether oxygens (including phenoxy) is 3. The van der Waals surface area contributed by atoms with Crippen LogP contribution in [0, 0.1) is 17.8 Å². The van der Waals surface area contributed by atoms with Gasteiger partial charge < -0.3 is 29.5 Å². The average molecular weight is 429 g/mol. The summed E-state index contributed by atoms with van der Waals surface area (Å²) in [6.45, 7) is 6.81. The molecular formula is C20H25ClO8. The molecule has 2 saturated heterocycles. The van der Waals surface area contributed by atoms with E-state index in [1.807, 2.05) is 6.92 Å². The van der Waals surface area contributed by atoms with E-state index in [0.29, 0.717) is 0 Å². The number of hydrogen-bond donors (Lipinski definition) is 3. The molecule has 2 heterocycles. The molecule has 29 heavy (non-hydrogen) atoms. The molecule has 0 aromatic heterocycles. The van der Waals surface area contributed by atoms with Crippen LogP contribution in [0.15, 0.2) is 23.8 Å². The van der Waals surface area contributed by atoms with Crippen LogP contribution in [-0.4, -0.2) is 75.4 Å². The van der Waals surface area contributed by atoms with Crippen LogP contribution in [-0.2, 0) is 23.8 Å². The van der Waals surface area contributed by atoms with Crippen molar-refractivity contribution in [3.8, 4) is 0 Å². The minimum atomic E-state index is -1.57. The highest BCUT2D eigenvalue weighted by atomic mass is 35.5. The second kappa shape index (κ2) is 6.78. The summed E-state index contributed by atoms with van der Waals surface area (Å²) in [5, 5.41) is 31.3. The lowest BCUT2D eigenvalue weighted by Gasteiger charge is -2.39. The maximum Gasteiger partial charge on any atom is 0.334 e. The van der Waals surface area contributed by atoms with Crippen LogP contribution >= 0.6 is 11.6 Å². The van der Waals surface area contributed by atoms with Crippen molar-refractivity contribution in [2.45, 2.75) is 55.9 Å². The Labute approximate surface area is 173 Å². The standard InChI is InChI=1S/C20H25ClO8/c1-8(4-5-22)17(24)27-10-6-20(26,7-21)12-13(19(3)16(29-19)14(12)23)15-11(10)9(2)18(25)28-15/h4,10-16,22-23,26H,2,5-7H2,1,3H3/b8-4+/t10-,11-,12-,13+,14+,15+,16-,19+,20+/m1/s1. The molecule has 0 amide bonds. The van der Waals surface area contributed by atoms with Crippen LogP contribution in [0.1, 0.15) is 20.3 Å². The van der Waals surface area contributed by atoms with Gasteiger partial charge in [-0.1, -0.05) is 6.58 Å². The van der Waals surface area contributed by atoms with Crippen molar-refractivity contribution < 1.29 is 39.1 Å². The lowest BCUT2D eigenvalue weighted by molar-refractivity contribution is -0.152. The third kappa shape index (κ3) is 2.88. The number of aliphatic hydroxyl groups excluding tert-OH is 2. The number of alkyl halides is 1. The molecule has 9 atom stereocenters. The van der Waals surface area contributed by atoms with Crippen molar-refractivity contribution in [1.82, 2.24) is 0 Å². The van der Waals surface area contributed by atoms with Crippen LogP contribution in [0.4, 0.5) is 0 Å². The summed E-state index contributed by atoms with van der Waals surface area (Å²) in [4.78, 5) is 24.8. The Morgan fingerprint density at radius 1 is 1.45 bits per heavy atom. The van der Waals surface area contributed by atoms with Gasteiger partial charge in [0.2, 0.25) is 0 Å². The molecular weight excluding hydrogens is 404 g/mol. The molecule has 0 aromatic carbocycles. The number of fused-ring (bicyclic) bond motifs is 5. The molecule has 0 spiro atoms. The SMILES string of the molecule is C=C1C(=O)O[C@H]2[C@H]1[C@H](OC(=O)/C(C)=C/CO)C[C@](O)(CCl)[C@H]1[C@H](O)[C@H]3O[C@@]3(C)[C@H]21. The highest BCUT2D eigenvalue weighted by Gasteiger charge is 2.78. The Morgan fingerprint density at radius 3 is 2.76 bits per heavy atom. The second-order valence-electron chi connectivity index (χ2n) is 8.64. The van der Waals surface area contributed by atoms with Crippen molar-refractivity contribution in [2.24, 2.45) is 17.8 Å². The van der Waals surface area contributed by atoms with Crippen molar-refractivity contribution >= 4 is 23.5 Å². The fourth-order valence-corrected chi connectivity index (χ4v) is 5.80. The molecule has 2 saturated carbocycles. The molecule has 8 nitrogen and oxygen atoms in total. The number of aliphatic hydroxyl groups is 3. The van der Waals surface area contributed by atoms with Crippen molar-refractivity contribution in [3.05, 3.63) is 23.8 Å². The van der Waals surface area contributed by atoms with Crippen molar-refractivity contribution in [1.29, 1.82) is 0 Å². The Bertz CT molecular complexity index is 795. The van der Waals surface area contributed by atoms with Crippen LogP contribution < -0.4 is 0 Å². The van der Waals surface area contributed by atoms with E-state index in [1.54, 1.807) is 0 Å². The van der Waals surface area contributed by atoms with Crippen LogP contribution in [0.2, 0.25) is 0 Å². The Morgan fingerprint density at radius 2 is 2.14 bits per heavy atom. The first-order valence-electron chi connectivity index (χ1n) is 9.61. The fraction of sp³-hybridized carbons (Fsp3) is 0.700. The van der Waals surface area contributed by atoms with Crippen molar-refractivity contribution in [2.75, 3.05) is 12.5 Å². The lowest BCUT2D eigenvalue weighted by Crippen LogP contribution is -2.51. The highest BCUT2D eigenvalue weighted by molar-refractivity contribution is 6.18. The largest absolute Gasteiger partial charge is 0.458 e. The zero-order chi connectivity index (χ0) is 21.3. The van der Waals surface area contributed by atoms with E-state index in [9.17, 15) is 19.8 Å². The Kier molecular flexibility index (Phi) is 4.87. The predicted molar refractivity (Wildman–Crippen MR) is 99.8 cm³/mol. The number of carbonyl (C=O) groups is 2. The van der Waals surface area contributed by atoms with E-state index in [-0.39, 0.29) is 30.1 Å². The number of rotatable bonds is 4. The number of halogens is 1. The maximum absolute atomic E-state index is 12.5. The molecule has 0 unspecified atom stereocenters. The second-order valence-corrected chi connectivity index (χ2v) is 8.91. The van der Waals surface area contributed by atoms with Gasteiger partial charge in [-0.3, -0.25) is 0 Å². The molecule has 9 heteroatoms. The first kappa shape index (κ1) is 20.8. The summed E-state index contributed by atoms with van der Waals surface area (Å²) >= 11 is 6.15. The van der Waals surface area contributed by atoms with Gasteiger partial charge in [-0.15, -0.1) is 11.6 Å². The molecule has 3 N–H and O–H groups in total. The van der Waals surface area contributed by atoms with Gasteiger partial charge in [-0.2, -0.15) is 0 Å². The van der Waals surface area contributed by atoms with E-state index in [2.05, 4.69) is 6.58 Å². The normalized spacial score (nSPS) is 48.3. The third-order valence-electron chi connectivity index (χ3n) is 7.02. The molecule has 4 rings (SSSR count). The quantitative estimate of drug-likeness (QED) is 0.248. The minimum absolute atomic E-state index is 0.0908. The van der Waals surface area contributed by atoms with Gasteiger partial charge in [0.15, 0.2) is 0 Å². The van der Waals surface area contributed by atoms with Crippen LogP contribution in [0.3, 0.4) is 0 Å². The topological polar surface area (TPSA) is 126 Å². The molecule has 0 bridgehead atoms. The summed E-state index contributed by atoms with van der Waals surface area (Å²) in [6, 6.07) is 0. The smallest absolute Gasteiger partial charge is 0.334 e. The van der Waals surface area contributed by atoms with Gasteiger partial charge in [0.1, 0.15) is 23.9 Å². The lowest BCUT2D eigenvalue weighted by atomic mass is 9.74. The van der Waals surface area contributed by atoms with Crippen LogP contribution in [0.5, 0.6) is 0 Å². The molecule has 4 aliphatic rings. The minimum Gasteiger partial charge on any atom is -0.458 e. The van der Waals surface area contributed by atoms with Crippen LogP contribution in [0.25, 0.3) is 0 Å². The Hall–Kier alpha value is -1.45. The van der Waals surface area contributed by atoms with Gasteiger partial charge in [0.25, 0.3) is 0 Å². The summed E-state index contributed by atoms with van der Waals surface area (Å²) in [6.07, 6.45) is -1.98. The first-order chi connectivity index (χ1) is 13.6. The maximum atomic E-state index is 12.5. The van der Waals surface area contributed by atoms with Crippen molar-refractivity contribution in [3.63, 3.8) is 0 Å².